The highest BCUT2D eigenvalue weighted by Gasteiger charge is 2.25. The summed E-state index contributed by atoms with van der Waals surface area (Å²) < 4.78 is 5.84. The van der Waals surface area contributed by atoms with Gasteiger partial charge in [-0.1, -0.05) is 55.0 Å². The smallest absolute Gasteiger partial charge is 0.223 e. The Bertz CT molecular complexity index is 687. The van der Waals surface area contributed by atoms with Crippen molar-refractivity contribution in [3.05, 3.63) is 54.6 Å². The topological polar surface area (TPSA) is 58.6 Å². The van der Waals surface area contributed by atoms with E-state index in [0.717, 1.165) is 36.1 Å². The van der Waals surface area contributed by atoms with Crippen LogP contribution in [0.2, 0.25) is 0 Å². The van der Waals surface area contributed by atoms with Gasteiger partial charge >= 0.3 is 0 Å². The zero-order valence-corrected chi connectivity index (χ0v) is 14.4. The van der Waals surface area contributed by atoms with Crippen molar-refractivity contribution in [1.82, 2.24) is 5.32 Å². The second-order valence-electron chi connectivity index (χ2n) is 6.52. The maximum Gasteiger partial charge on any atom is 0.223 e. The van der Waals surface area contributed by atoms with Crippen LogP contribution in [-0.2, 0) is 4.79 Å². The number of aliphatic hydroxyl groups is 1. The van der Waals surface area contributed by atoms with Crippen molar-refractivity contribution in [3.63, 3.8) is 0 Å². The molecule has 132 valence electrons. The minimum atomic E-state index is -0.269. The summed E-state index contributed by atoms with van der Waals surface area (Å²) in [5, 5.41) is 12.7. The van der Waals surface area contributed by atoms with Gasteiger partial charge in [0.1, 0.15) is 5.75 Å². The maximum atomic E-state index is 12.0. The molecule has 0 spiro atoms. The summed E-state index contributed by atoms with van der Waals surface area (Å²) in [5.74, 6) is 0.952. The van der Waals surface area contributed by atoms with Gasteiger partial charge in [0.15, 0.2) is 0 Å². The van der Waals surface area contributed by atoms with Crippen LogP contribution in [0.4, 0.5) is 0 Å². The Hall–Kier alpha value is -2.33. The van der Waals surface area contributed by atoms with Crippen LogP contribution < -0.4 is 10.1 Å². The molecule has 0 radical (unpaired) electrons. The number of ether oxygens (including phenoxy) is 1. The minimum absolute atomic E-state index is 0.0312. The van der Waals surface area contributed by atoms with Gasteiger partial charge in [0, 0.05) is 18.0 Å². The van der Waals surface area contributed by atoms with Crippen LogP contribution in [0.25, 0.3) is 11.1 Å². The van der Waals surface area contributed by atoms with E-state index >= 15 is 0 Å². The van der Waals surface area contributed by atoms with E-state index in [0.29, 0.717) is 19.6 Å². The van der Waals surface area contributed by atoms with Gasteiger partial charge < -0.3 is 15.2 Å². The second-order valence-corrected chi connectivity index (χ2v) is 6.52. The summed E-state index contributed by atoms with van der Waals surface area (Å²) >= 11 is 0. The Morgan fingerprint density at radius 2 is 1.84 bits per heavy atom. The lowest BCUT2D eigenvalue weighted by Gasteiger charge is -2.15. The highest BCUT2D eigenvalue weighted by molar-refractivity contribution is 5.76. The molecule has 0 aromatic heterocycles. The Labute approximate surface area is 148 Å². The van der Waals surface area contributed by atoms with E-state index in [1.165, 1.54) is 0 Å². The van der Waals surface area contributed by atoms with Crippen molar-refractivity contribution < 1.29 is 14.6 Å². The SMILES string of the molecule is O=C(CCOc1ccccc1-c1ccccc1)NCC1CCCC1O. The fourth-order valence-electron chi connectivity index (χ4n) is 3.29. The average Bonchev–Trinajstić information content (AvgIpc) is 3.06. The highest BCUT2D eigenvalue weighted by atomic mass is 16.5. The van der Waals surface area contributed by atoms with E-state index < -0.39 is 0 Å². The number of benzene rings is 2. The molecule has 2 aromatic carbocycles. The summed E-state index contributed by atoms with van der Waals surface area (Å²) in [6.45, 7) is 0.892. The molecular formula is C21H25NO3. The summed E-state index contributed by atoms with van der Waals surface area (Å²) in [6, 6.07) is 17.9. The van der Waals surface area contributed by atoms with Crippen molar-refractivity contribution in [2.75, 3.05) is 13.2 Å². The number of para-hydroxylation sites is 1. The first-order chi connectivity index (χ1) is 12.2. The van der Waals surface area contributed by atoms with Crippen LogP contribution in [0.3, 0.4) is 0 Å². The molecule has 1 saturated carbocycles. The van der Waals surface area contributed by atoms with E-state index in [9.17, 15) is 9.90 Å². The van der Waals surface area contributed by atoms with Crippen molar-refractivity contribution in [3.8, 4) is 16.9 Å². The standard InChI is InChI=1S/C21H25NO3/c23-19-11-6-9-17(19)15-22-21(24)13-14-25-20-12-5-4-10-18(20)16-7-2-1-3-8-16/h1-5,7-8,10,12,17,19,23H,6,9,11,13-15H2,(H,22,24). The Balaban J connectivity index is 1.48. The van der Waals surface area contributed by atoms with Crippen molar-refractivity contribution in [2.24, 2.45) is 5.92 Å². The van der Waals surface area contributed by atoms with E-state index in [-0.39, 0.29) is 17.9 Å². The van der Waals surface area contributed by atoms with E-state index in [2.05, 4.69) is 5.32 Å². The molecule has 1 amide bonds. The van der Waals surface area contributed by atoms with Crippen molar-refractivity contribution in [2.45, 2.75) is 31.8 Å². The molecule has 2 aromatic rings. The molecule has 0 bridgehead atoms. The lowest BCUT2D eigenvalue weighted by Crippen LogP contribution is -2.33. The summed E-state index contributed by atoms with van der Waals surface area (Å²) in [4.78, 5) is 12.0. The van der Waals surface area contributed by atoms with Gasteiger partial charge in [-0.15, -0.1) is 0 Å². The number of aliphatic hydroxyl groups excluding tert-OH is 1. The predicted molar refractivity (Wildman–Crippen MR) is 98.3 cm³/mol. The monoisotopic (exact) mass is 339 g/mol. The first kappa shape index (κ1) is 17.5. The Kier molecular flexibility index (Phi) is 6.07. The van der Waals surface area contributed by atoms with E-state index in [1.807, 2.05) is 54.6 Å². The zero-order chi connectivity index (χ0) is 17.5. The van der Waals surface area contributed by atoms with Crippen LogP contribution in [0.15, 0.2) is 54.6 Å². The third-order valence-corrected chi connectivity index (χ3v) is 4.74. The van der Waals surface area contributed by atoms with Crippen LogP contribution in [0, 0.1) is 5.92 Å². The summed E-state index contributed by atoms with van der Waals surface area (Å²) in [5.41, 5.74) is 2.12. The Morgan fingerprint density at radius 3 is 2.60 bits per heavy atom. The van der Waals surface area contributed by atoms with Gasteiger partial charge in [0.05, 0.1) is 19.1 Å². The molecule has 2 unspecified atom stereocenters. The van der Waals surface area contributed by atoms with E-state index in [4.69, 9.17) is 4.74 Å². The first-order valence-electron chi connectivity index (χ1n) is 8.96. The molecular weight excluding hydrogens is 314 g/mol. The number of rotatable bonds is 7. The lowest BCUT2D eigenvalue weighted by molar-refractivity contribution is -0.121. The fraction of sp³-hybridized carbons (Fsp3) is 0.381. The molecule has 0 heterocycles. The predicted octanol–water partition coefficient (Wildman–Crippen LogP) is 3.40. The fourth-order valence-corrected chi connectivity index (χ4v) is 3.29. The van der Waals surface area contributed by atoms with Gasteiger partial charge in [-0.3, -0.25) is 4.79 Å². The highest BCUT2D eigenvalue weighted by Crippen LogP contribution is 2.29. The second kappa shape index (κ2) is 8.67. The molecule has 1 aliphatic rings. The third-order valence-electron chi connectivity index (χ3n) is 4.74. The molecule has 4 nitrogen and oxygen atoms in total. The van der Waals surface area contributed by atoms with E-state index in [1.54, 1.807) is 0 Å². The largest absolute Gasteiger partial charge is 0.492 e. The number of hydrogen-bond acceptors (Lipinski definition) is 3. The molecule has 2 atom stereocenters. The number of carbonyl (C=O) groups is 1. The van der Waals surface area contributed by atoms with Gasteiger partial charge in [-0.25, -0.2) is 0 Å². The van der Waals surface area contributed by atoms with Gasteiger partial charge in [-0.05, 0) is 24.5 Å². The first-order valence-corrected chi connectivity index (χ1v) is 8.96. The summed E-state index contributed by atoms with van der Waals surface area (Å²) in [7, 11) is 0. The quantitative estimate of drug-likeness (QED) is 0.813. The number of amides is 1. The maximum absolute atomic E-state index is 12.0. The van der Waals surface area contributed by atoms with Crippen LogP contribution in [0.5, 0.6) is 5.75 Å². The minimum Gasteiger partial charge on any atom is -0.492 e. The van der Waals surface area contributed by atoms with Gasteiger partial charge in [0.25, 0.3) is 0 Å². The van der Waals surface area contributed by atoms with Gasteiger partial charge in [0.2, 0.25) is 5.91 Å². The molecule has 3 rings (SSSR count). The van der Waals surface area contributed by atoms with Gasteiger partial charge in [-0.2, -0.15) is 0 Å². The van der Waals surface area contributed by atoms with Crippen LogP contribution >= 0.6 is 0 Å². The molecule has 1 fully saturated rings. The van der Waals surface area contributed by atoms with Crippen molar-refractivity contribution >= 4 is 5.91 Å². The molecule has 0 aliphatic heterocycles. The Morgan fingerprint density at radius 1 is 1.08 bits per heavy atom. The molecule has 0 saturated heterocycles. The number of hydrogen-bond donors (Lipinski definition) is 2. The zero-order valence-electron chi connectivity index (χ0n) is 14.4. The molecule has 1 aliphatic carbocycles. The number of nitrogens with one attached hydrogen (secondary N) is 1. The lowest BCUT2D eigenvalue weighted by atomic mass is 10.1. The molecule has 4 heteroatoms. The average molecular weight is 339 g/mol. The summed E-state index contributed by atoms with van der Waals surface area (Å²) in [6.07, 6.45) is 2.92. The normalized spacial score (nSPS) is 19.6. The van der Waals surface area contributed by atoms with Crippen LogP contribution in [-0.4, -0.2) is 30.3 Å². The number of carbonyl (C=O) groups excluding carboxylic acids is 1. The molecule has 25 heavy (non-hydrogen) atoms. The molecule has 2 N–H and O–H groups in total. The third kappa shape index (κ3) is 4.83. The van der Waals surface area contributed by atoms with Crippen molar-refractivity contribution in [1.29, 1.82) is 0 Å². The van der Waals surface area contributed by atoms with Crippen LogP contribution in [0.1, 0.15) is 25.7 Å².